The second kappa shape index (κ2) is 12.5. The Morgan fingerprint density at radius 3 is 2.28 bits per heavy atom. The fourth-order valence-electron chi connectivity index (χ4n) is 5.28. The molecule has 6 aromatic rings. The van der Waals surface area contributed by atoms with Gasteiger partial charge in [0.05, 0.1) is 11.3 Å². The number of carbonyl (C=O) groups is 1. The van der Waals surface area contributed by atoms with Crippen LogP contribution >= 0.6 is 0 Å². The van der Waals surface area contributed by atoms with E-state index in [9.17, 15) is 4.79 Å². The molecule has 0 saturated carbocycles. The molecule has 0 aliphatic carbocycles. The molecule has 6 nitrogen and oxygen atoms in total. The second-order valence-corrected chi connectivity index (χ2v) is 10.3. The van der Waals surface area contributed by atoms with Gasteiger partial charge in [-0.2, -0.15) is 5.10 Å². The van der Waals surface area contributed by atoms with Crippen LogP contribution in [0.3, 0.4) is 0 Å². The molecule has 0 aliphatic heterocycles. The van der Waals surface area contributed by atoms with Gasteiger partial charge in [0.15, 0.2) is 5.82 Å². The summed E-state index contributed by atoms with van der Waals surface area (Å²) in [4.78, 5) is 19.6. The largest absolute Gasteiger partial charge is 0.365 e. The van der Waals surface area contributed by atoms with Crippen LogP contribution in [-0.4, -0.2) is 28.9 Å². The molecule has 210 valence electrons. The Bertz CT molecular complexity index is 1880. The van der Waals surface area contributed by atoms with E-state index in [1.54, 1.807) is 30.5 Å². The van der Waals surface area contributed by atoms with Crippen LogP contribution in [0.5, 0.6) is 0 Å². The third-order valence-corrected chi connectivity index (χ3v) is 7.56. The van der Waals surface area contributed by atoms with Gasteiger partial charge >= 0.3 is 5.97 Å². The molecule has 1 atom stereocenters. The number of oxime groups is 1. The number of hydrogen-bond donors (Lipinski definition) is 0. The summed E-state index contributed by atoms with van der Waals surface area (Å²) in [5.74, 6) is 0.246. The zero-order valence-electron chi connectivity index (χ0n) is 24.0. The predicted molar refractivity (Wildman–Crippen MR) is 172 cm³/mol. The minimum absolute atomic E-state index is 0.0384. The van der Waals surface area contributed by atoms with E-state index in [0.29, 0.717) is 11.3 Å². The van der Waals surface area contributed by atoms with Gasteiger partial charge in [-0.1, -0.05) is 102 Å². The van der Waals surface area contributed by atoms with Crippen LogP contribution in [0.15, 0.2) is 145 Å². The van der Waals surface area contributed by atoms with E-state index in [0.717, 1.165) is 28.2 Å². The zero-order valence-corrected chi connectivity index (χ0v) is 24.0. The fraction of sp³-hybridized carbons (Fsp3) is 0.0811. The summed E-state index contributed by atoms with van der Waals surface area (Å²) in [6.07, 6.45) is 1.67. The Morgan fingerprint density at radius 2 is 1.49 bits per heavy atom. The first-order valence-corrected chi connectivity index (χ1v) is 14.1. The van der Waals surface area contributed by atoms with Crippen molar-refractivity contribution < 1.29 is 9.63 Å². The van der Waals surface area contributed by atoms with E-state index in [1.807, 2.05) is 49.2 Å². The van der Waals surface area contributed by atoms with Crippen molar-refractivity contribution >= 4 is 34.0 Å². The average molecular weight is 563 g/mol. The van der Waals surface area contributed by atoms with E-state index in [2.05, 4.69) is 94.2 Å². The standard InChI is InChI=1S/C37H30N4O2/c1-26(40-43-37(42)30-12-4-3-5-13-30)27-20-22-29(23-21-27)36(34-18-9-14-28-11-6-7-17-33(28)34)31-15-8-16-32(25-31)41(2)35-19-10-24-38-39-35/h3-25,36H,1-2H3/b40-26-. The molecule has 0 radical (unpaired) electrons. The molecule has 1 heterocycles. The molecule has 1 aromatic heterocycles. The molecule has 0 aliphatic rings. The Hall–Kier alpha value is -5.62. The van der Waals surface area contributed by atoms with Gasteiger partial charge in [0.2, 0.25) is 0 Å². The molecule has 0 saturated heterocycles. The lowest BCUT2D eigenvalue weighted by Gasteiger charge is -2.24. The van der Waals surface area contributed by atoms with Crippen LogP contribution in [0.2, 0.25) is 0 Å². The summed E-state index contributed by atoms with van der Waals surface area (Å²) in [6.45, 7) is 1.83. The first-order valence-electron chi connectivity index (χ1n) is 14.1. The number of nitrogens with zero attached hydrogens (tertiary/aromatic N) is 4. The van der Waals surface area contributed by atoms with Crippen molar-refractivity contribution in [1.29, 1.82) is 0 Å². The van der Waals surface area contributed by atoms with Crippen LogP contribution in [0.25, 0.3) is 10.8 Å². The van der Waals surface area contributed by atoms with E-state index >= 15 is 0 Å². The number of benzene rings is 5. The third kappa shape index (κ3) is 6.04. The van der Waals surface area contributed by atoms with Gasteiger partial charge in [-0.05, 0) is 76.3 Å². The molecule has 0 spiro atoms. The van der Waals surface area contributed by atoms with Gasteiger partial charge < -0.3 is 9.74 Å². The highest BCUT2D eigenvalue weighted by molar-refractivity contribution is 5.99. The summed E-state index contributed by atoms with van der Waals surface area (Å²) in [5, 5.41) is 14.9. The van der Waals surface area contributed by atoms with Crippen molar-refractivity contribution in [3.63, 3.8) is 0 Å². The van der Waals surface area contributed by atoms with Crippen LogP contribution in [0.1, 0.15) is 45.5 Å². The van der Waals surface area contributed by atoms with Crippen molar-refractivity contribution in [1.82, 2.24) is 10.2 Å². The normalized spacial score (nSPS) is 12.1. The maximum absolute atomic E-state index is 12.4. The quantitative estimate of drug-likeness (QED) is 0.0810. The average Bonchev–Trinajstić information content (AvgIpc) is 3.08. The Morgan fingerprint density at radius 1 is 0.744 bits per heavy atom. The van der Waals surface area contributed by atoms with Crippen LogP contribution in [-0.2, 0) is 4.84 Å². The highest BCUT2D eigenvalue weighted by atomic mass is 16.7. The topological polar surface area (TPSA) is 67.7 Å². The molecule has 5 aromatic carbocycles. The molecule has 0 amide bonds. The van der Waals surface area contributed by atoms with E-state index in [4.69, 9.17) is 4.84 Å². The molecule has 43 heavy (non-hydrogen) atoms. The maximum Gasteiger partial charge on any atom is 0.365 e. The molecule has 0 bridgehead atoms. The van der Waals surface area contributed by atoms with Gasteiger partial charge in [0.25, 0.3) is 0 Å². The number of anilines is 2. The molecular formula is C37H30N4O2. The summed E-state index contributed by atoms with van der Waals surface area (Å²) in [6, 6.07) is 44.5. The van der Waals surface area contributed by atoms with Crippen molar-refractivity contribution in [2.75, 3.05) is 11.9 Å². The lowest BCUT2D eigenvalue weighted by Crippen LogP contribution is -2.12. The molecular weight excluding hydrogens is 532 g/mol. The first-order chi connectivity index (χ1) is 21.1. The lowest BCUT2D eigenvalue weighted by atomic mass is 9.82. The highest BCUT2D eigenvalue weighted by Gasteiger charge is 2.21. The lowest BCUT2D eigenvalue weighted by molar-refractivity contribution is 0.0516. The zero-order chi connectivity index (χ0) is 29.6. The van der Waals surface area contributed by atoms with Crippen LogP contribution in [0.4, 0.5) is 11.5 Å². The summed E-state index contributed by atoms with van der Waals surface area (Å²) >= 11 is 0. The highest BCUT2D eigenvalue weighted by Crippen LogP contribution is 2.38. The van der Waals surface area contributed by atoms with Crippen LogP contribution in [0, 0.1) is 0 Å². The van der Waals surface area contributed by atoms with Crippen LogP contribution < -0.4 is 4.90 Å². The van der Waals surface area contributed by atoms with E-state index in [-0.39, 0.29) is 5.92 Å². The smallest absolute Gasteiger partial charge is 0.328 e. The van der Waals surface area contributed by atoms with Crippen molar-refractivity contribution in [3.8, 4) is 0 Å². The fourth-order valence-corrected chi connectivity index (χ4v) is 5.28. The SMILES string of the molecule is C/C(=N/OC(=O)c1ccccc1)c1ccc(C(c2cccc(N(C)c3cccnn3)c2)c2cccc3ccccc23)cc1. The minimum Gasteiger partial charge on any atom is -0.328 e. The van der Waals surface area contributed by atoms with Gasteiger partial charge in [-0.25, -0.2) is 4.79 Å². The van der Waals surface area contributed by atoms with Gasteiger partial charge in [0, 0.05) is 24.8 Å². The molecule has 0 fully saturated rings. The number of fused-ring (bicyclic) bond motifs is 1. The molecule has 0 N–H and O–H groups in total. The van der Waals surface area contributed by atoms with E-state index in [1.165, 1.54) is 16.3 Å². The summed E-state index contributed by atoms with van der Waals surface area (Å²) in [5.41, 5.74) is 6.46. The summed E-state index contributed by atoms with van der Waals surface area (Å²) < 4.78 is 0. The molecule has 1 unspecified atom stereocenters. The number of aromatic nitrogens is 2. The minimum atomic E-state index is -0.487. The van der Waals surface area contributed by atoms with Gasteiger partial charge in [-0.3, -0.25) is 0 Å². The Labute approximate surface area is 250 Å². The predicted octanol–water partition coefficient (Wildman–Crippen LogP) is 8.16. The third-order valence-electron chi connectivity index (χ3n) is 7.56. The van der Waals surface area contributed by atoms with Gasteiger partial charge in [-0.15, -0.1) is 5.10 Å². The first kappa shape index (κ1) is 27.5. The Balaban J connectivity index is 1.37. The molecule has 6 rings (SSSR count). The van der Waals surface area contributed by atoms with E-state index < -0.39 is 5.97 Å². The number of carbonyl (C=O) groups excluding carboxylic acids is 1. The second-order valence-electron chi connectivity index (χ2n) is 10.3. The summed E-state index contributed by atoms with van der Waals surface area (Å²) in [7, 11) is 2.00. The van der Waals surface area contributed by atoms with Crippen molar-refractivity contribution in [3.05, 3.63) is 167 Å². The van der Waals surface area contributed by atoms with Gasteiger partial charge in [0.1, 0.15) is 0 Å². The molecule has 6 heteroatoms. The Kier molecular flexibility index (Phi) is 8.00. The number of hydrogen-bond acceptors (Lipinski definition) is 6. The van der Waals surface area contributed by atoms with Crippen molar-refractivity contribution in [2.24, 2.45) is 5.16 Å². The van der Waals surface area contributed by atoms with Crippen molar-refractivity contribution in [2.45, 2.75) is 12.8 Å². The maximum atomic E-state index is 12.4. The number of rotatable bonds is 8. The monoisotopic (exact) mass is 562 g/mol.